The topological polar surface area (TPSA) is 64.6 Å². The van der Waals surface area contributed by atoms with Gasteiger partial charge in [-0.25, -0.2) is 4.79 Å². The number of nitrogens with zero attached hydrogens (tertiary/aromatic N) is 1. The summed E-state index contributed by atoms with van der Waals surface area (Å²) in [5, 5.41) is 14.7. The van der Waals surface area contributed by atoms with Crippen molar-refractivity contribution >= 4 is 17.4 Å². The lowest BCUT2D eigenvalue weighted by molar-refractivity contribution is 0.241. The van der Waals surface area contributed by atoms with Crippen molar-refractivity contribution in [2.75, 3.05) is 23.4 Å². The monoisotopic (exact) mass is 339 g/mol. The van der Waals surface area contributed by atoms with Crippen LogP contribution in [0.25, 0.3) is 0 Å². The fourth-order valence-corrected chi connectivity index (χ4v) is 3.20. The lowest BCUT2D eigenvalue weighted by atomic mass is 10.1. The van der Waals surface area contributed by atoms with E-state index in [1.807, 2.05) is 31.2 Å². The Morgan fingerprint density at radius 3 is 2.80 bits per heavy atom. The number of anilines is 2. The molecule has 1 aliphatic heterocycles. The van der Waals surface area contributed by atoms with E-state index < -0.39 is 0 Å². The molecular weight excluding hydrogens is 314 g/mol. The van der Waals surface area contributed by atoms with E-state index in [-0.39, 0.29) is 18.7 Å². The predicted octanol–water partition coefficient (Wildman–Crippen LogP) is 3.14. The number of urea groups is 1. The number of carbonyl (C=O) groups is 1. The van der Waals surface area contributed by atoms with Crippen LogP contribution in [-0.4, -0.2) is 30.3 Å². The normalized spacial score (nSPS) is 14.1. The zero-order valence-corrected chi connectivity index (χ0v) is 14.5. The summed E-state index contributed by atoms with van der Waals surface area (Å²) in [7, 11) is 0. The molecule has 1 atom stereocenters. The van der Waals surface area contributed by atoms with Crippen molar-refractivity contribution in [1.82, 2.24) is 5.32 Å². The first-order chi connectivity index (χ1) is 12.2. The van der Waals surface area contributed by atoms with Gasteiger partial charge >= 0.3 is 6.03 Å². The van der Waals surface area contributed by atoms with Crippen LogP contribution >= 0.6 is 0 Å². The molecule has 0 aromatic heterocycles. The lowest BCUT2D eigenvalue weighted by Crippen LogP contribution is -2.37. The van der Waals surface area contributed by atoms with Gasteiger partial charge < -0.3 is 20.6 Å². The molecule has 0 saturated heterocycles. The standard InChI is InChI=1S/C20H25N3O2/c1-15(11-13-24)21-20(25)22-18-8-4-2-7-17(18)14-23-12-10-16-6-3-5-9-19(16)23/h2-9,15,24H,10-14H2,1H3,(H2,21,22,25)/t15-/m1/s1. The first kappa shape index (κ1) is 17.3. The molecule has 3 N–H and O–H groups in total. The van der Waals surface area contributed by atoms with E-state index in [0.717, 1.165) is 30.8 Å². The van der Waals surface area contributed by atoms with E-state index >= 15 is 0 Å². The number of aliphatic hydroxyl groups excluding tert-OH is 1. The zero-order valence-electron chi connectivity index (χ0n) is 14.5. The molecule has 1 aliphatic rings. The summed E-state index contributed by atoms with van der Waals surface area (Å²) in [5.74, 6) is 0. The molecule has 0 fully saturated rings. The largest absolute Gasteiger partial charge is 0.396 e. The molecule has 0 aliphatic carbocycles. The number of para-hydroxylation sites is 2. The molecule has 0 bridgehead atoms. The quantitative estimate of drug-likeness (QED) is 0.757. The third-order valence-electron chi connectivity index (χ3n) is 4.55. The molecule has 0 saturated carbocycles. The summed E-state index contributed by atoms with van der Waals surface area (Å²) in [4.78, 5) is 14.5. The lowest BCUT2D eigenvalue weighted by Gasteiger charge is -2.22. The van der Waals surface area contributed by atoms with E-state index in [1.165, 1.54) is 11.3 Å². The number of aliphatic hydroxyl groups is 1. The maximum Gasteiger partial charge on any atom is 0.319 e. The summed E-state index contributed by atoms with van der Waals surface area (Å²) < 4.78 is 0. The van der Waals surface area contributed by atoms with Gasteiger partial charge in [0.1, 0.15) is 0 Å². The Morgan fingerprint density at radius 1 is 1.20 bits per heavy atom. The molecule has 5 nitrogen and oxygen atoms in total. The SMILES string of the molecule is C[C@H](CCO)NC(=O)Nc1ccccc1CN1CCc2ccccc21. The van der Waals surface area contributed by atoms with Crippen LogP contribution in [-0.2, 0) is 13.0 Å². The Balaban J connectivity index is 1.68. The van der Waals surface area contributed by atoms with Crippen molar-refractivity contribution < 1.29 is 9.90 Å². The average molecular weight is 339 g/mol. The maximum absolute atomic E-state index is 12.2. The number of amides is 2. The Kier molecular flexibility index (Phi) is 5.56. The van der Waals surface area contributed by atoms with E-state index in [2.05, 4.69) is 39.8 Å². The average Bonchev–Trinajstić information content (AvgIpc) is 3.00. The summed E-state index contributed by atoms with van der Waals surface area (Å²) in [6, 6.07) is 16.1. The van der Waals surface area contributed by atoms with Gasteiger partial charge in [-0.1, -0.05) is 36.4 Å². The molecule has 0 spiro atoms. The Hall–Kier alpha value is -2.53. The fourth-order valence-electron chi connectivity index (χ4n) is 3.20. The Morgan fingerprint density at radius 2 is 1.96 bits per heavy atom. The number of fused-ring (bicyclic) bond motifs is 1. The van der Waals surface area contributed by atoms with E-state index in [9.17, 15) is 4.79 Å². The molecule has 2 aromatic rings. The highest BCUT2D eigenvalue weighted by atomic mass is 16.3. The third kappa shape index (κ3) is 4.31. The third-order valence-corrected chi connectivity index (χ3v) is 4.55. The van der Waals surface area contributed by atoms with Gasteiger partial charge in [-0.05, 0) is 43.0 Å². The van der Waals surface area contributed by atoms with Crippen molar-refractivity contribution in [2.24, 2.45) is 0 Å². The first-order valence-electron chi connectivity index (χ1n) is 8.76. The van der Waals surface area contributed by atoms with Crippen LogP contribution in [0.3, 0.4) is 0 Å². The van der Waals surface area contributed by atoms with Gasteiger partial charge in [0.2, 0.25) is 0 Å². The highest BCUT2D eigenvalue weighted by Crippen LogP contribution is 2.30. The Bertz CT molecular complexity index is 732. The van der Waals surface area contributed by atoms with Crippen molar-refractivity contribution in [3.63, 3.8) is 0 Å². The van der Waals surface area contributed by atoms with Gasteiger partial charge in [-0.2, -0.15) is 0 Å². The molecule has 5 heteroatoms. The summed E-state index contributed by atoms with van der Waals surface area (Å²) in [6.07, 6.45) is 1.60. The van der Waals surface area contributed by atoms with Gasteiger partial charge in [0.25, 0.3) is 0 Å². The zero-order chi connectivity index (χ0) is 17.6. The van der Waals surface area contributed by atoms with E-state index in [4.69, 9.17) is 5.11 Å². The second kappa shape index (κ2) is 8.03. The smallest absolute Gasteiger partial charge is 0.319 e. The van der Waals surface area contributed by atoms with Crippen molar-refractivity contribution in [1.29, 1.82) is 0 Å². The van der Waals surface area contributed by atoms with Crippen molar-refractivity contribution in [2.45, 2.75) is 32.4 Å². The highest BCUT2D eigenvalue weighted by Gasteiger charge is 2.19. The summed E-state index contributed by atoms with van der Waals surface area (Å²) in [5.41, 5.74) is 4.56. The first-order valence-corrected chi connectivity index (χ1v) is 8.76. The number of rotatable bonds is 6. The predicted molar refractivity (Wildman–Crippen MR) is 101 cm³/mol. The Labute approximate surface area is 148 Å². The molecule has 132 valence electrons. The van der Waals surface area contributed by atoms with Crippen LogP contribution in [0.4, 0.5) is 16.2 Å². The number of hydrogen-bond donors (Lipinski definition) is 3. The molecule has 1 heterocycles. The fraction of sp³-hybridized carbons (Fsp3) is 0.350. The van der Waals surface area contributed by atoms with Crippen LogP contribution in [0.1, 0.15) is 24.5 Å². The molecule has 2 amide bonds. The van der Waals surface area contributed by atoms with Crippen molar-refractivity contribution in [3.8, 4) is 0 Å². The van der Waals surface area contributed by atoms with E-state index in [1.54, 1.807) is 0 Å². The minimum absolute atomic E-state index is 0.0619. The van der Waals surface area contributed by atoms with Gasteiger partial charge in [0, 0.05) is 37.1 Å². The molecule has 25 heavy (non-hydrogen) atoms. The summed E-state index contributed by atoms with van der Waals surface area (Å²) >= 11 is 0. The van der Waals surface area contributed by atoms with Crippen molar-refractivity contribution in [3.05, 3.63) is 59.7 Å². The van der Waals surface area contributed by atoms with E-state index in [0.29, 0.717) is 6.42 Å². The maximum atomic E-state index is 12.2. The molecule has 2 aromatic carbocycles. The highest BCUT2D eigenvalue weighted by molar-refractivity contribution is 5.90. The second-order valence-electron chi connectivity index (χ2n) is 6.47. The van der Waals surface area contributed by atoms with Gasteiger partial charge in [-0.15, -0.1) is 0 Å². The molecule has 0 unspecified atom stereocenters. The molecule has 3 rings (SSSR count). The van der Waals surface area contributed by atoms with Crippen LogP contribution in [0.15, 0.2) is 48.5 Å². The van der Waals surface area contributed by atoms with Gasteiger partial charge in [0.15, 0.2) is 0 Å². The number of hydrogen-bond acceptors (Lipinski definition) is 3. The van der Waals surface area contributed by atoms with Crippen LogP contribution < -0.4 is 15.5 Å². The van der Waals surface area contributed by atoms with Crippen LogP contribution in [0, 0.1) is 0 Å². The van der Waals surface area contributed by atoms with Gasteiger partial charge in [0.05, 0.1) is 0 Å². The minimum Gasteiger partial charge on any atom is -0.396 e. The number of benzene rings is 2. The number of nitrogens with one attached hydrogen (secondary N) is 2. The molecular formula is C20H25N3O2. The summed E-state index contributed by atoms with van der Waals surface area (Å²) in [6.45, 7) is 3.70. The second-order valence-corrected chi connectivity index (χ2v) is 6.47. The van der Waals surface area contributed by atoms with Crippen LogP contribution in [0.2, 0.25) is 0 Å². The number of carbonyl (C=O) groups excluding carboxylic acids is 1. The molecule has 0 radical (unpaired) electrons. The van der Waals surface area contributed by atoms with Crippen LogP contribution in [0.5, 0.6) is 0 Å². The minimum atomic E-state index is -0.241. The van der Waals surface area contributed by atoms with Gasteiger partial charge in [-0.3, -0.25) is 0 Å².